The van der Waals surface area contributed by atoms with Gasteiger partial charge in [-0.3, -0.25) is 4.79 Å². The van der Waals surface area contributed by atoms with Gasteiger partial charge in [-0.2, -0.15) is 0 Å². The van der Waals surface area contributed by atoms with E-state index in [0.29, 0.717) is 29.2 Å². The smallest absolute Gasteiger partial charge is 0.196 e. The van der Waals surface area contributed by atoms with Crippen LogP contribution in [-0.2, 0) is 6.42 Å². The second kappa shape index (κ2) is 4.94. The quantitative estimate of drug-likeness (QED) is 0.676. The Morgan fingerprint density at radius 1 is 1.25 bits per heavy atom. The van der Waals surface area contributed by atoms with Crippen LogP contribution in [0.4, 0.5) is 5.69 Å². The van der Waals surface area contributed by atoms with E-state index in [2.05, 4.69) is 15.9 Å². The van der Waals surface area contributed by atoms with Gasteiger partial charge in [0.15, 0.2) is 5.78 Å². The Bertz CT molecular complexity index is 690. The van der Waals surface area contributed by atoms with Crippen molar-refractivity contribution in [3.63, 3.8) is 0 Å². The standard InChI is InChI=1S/C16H14BrNO2/c1-9-4-11(7-13(18)5-9)15(19)14-8-12(17)6-10-2-3-20-16(10)14/h4-8H,2-3,18H2,1H3. The average Bonchev–Trinajstić information content (AvgIpc) is 2.83. The molecule has 0 saturated heterocycles. The van der Waals surface area contributed by atoms with E-state index in [1.165, 1.54) is 0 Å². The van der Waals surface area contributed by atoms with E-state index in [0.717, 1.165) is 22.0 Å². The molecule has 2 aromatic rings. The molecule has 0 fully saturated rings. The van der Waals surface area contributed by atoms with E-state index in [1.54, 1.807) is 6.07 Å². The Morgan fingerprint density at radius 3 is 2.80 bits per heavy atom. The average molecular weight is 332 g/mol. The van der Waals surface area contributed by atoms with Gasteiger partial charge in [0.1, 0.15) is 5.75 Å². The molecule has 0 spiro atoms. The van der Waals surface area contributed by atoms with Crippen molar-refractivity contribution < 1.29 is 9.53 Å². The molecule has 102 valence electrons. The van der Waals surface area contributed by atoms with E-state index in [-0.39, 0.29) is 5.78 Å². The van der Waals surface area contributed by atoms with Gasteiger partial charge in [0.25, 0.3) is 0 Å². The third-order valence-corrected chi connectivity index (χ3v) is 3.81. The molecule has 1 aliphatic rings. The van der Waals surface area contributed by atoms with Gasteiger partial charge in [-0.05, 0) is 48.4 Å². The van der Waals surface area contributed by atoms with Crippen LogP contribution < -0.4 is 10.5 Å². The van der Waals surface area contributed by atoms with Crippen molar-refractivity contribution in [2.24, 2.45) is 0 Å². The molecule has 0 aromatic heterocycles. The molecule has 0 amide bonds. The van der Waals surface area contributed by atoms with Crippen molar-refractivity contribution in [3.05, 3.63) is 57.1 Å². The summed E-state index contributed by atoms with van der Waals surface area (Å²) in [5.74, 6) is 0.651. The molecule has 3 rings (SSSR count). The number of aryl methyl sites for hydroxylation is 1. The van der Waals surface area contributed by atoms with Crippen LogP contribution in [-0.4, -0.2) is 12.4 Å². The van der Waals surface area contributed by atoms with Crippen LogP contribution >= 0.6 is 15.9 Å². The summed E-state index contributed by atoms with van der Waals surface area (Å²) in [5.41, 5.74) is 9.66. The van der Waals surface area contributed by atoms with Crippen LogP contribution in [0.5, 0.6) is 5.75 Å². The highest BCUT2D eigenvalue weighted by molar-refractivity contribution is 9.10. The molecule has 0 unspecified atom stereocenters. The number of nitrogen functional groups attached to an aromatic ring is 1. The van der Waals surface area contributed by atoms with Crippen LogP contribution in [0, 0.1) is 6.92 Å². The minimum Gasteiger partial charge on any atom is -0.492 e. The van der Waals surface area contributed by atoms with Crippen molar-refractivity contribution in [2.75, 3.05) is 12.3 Å². The number of nitrogens with two attached hydrogens (primary N) is 1. The number of fused-ring (bicyclic) bond motifs is 1. The number of ether oxygens (including phenoxy) is 1. The molecule has 0 atom stereocenters. The fourth-order valence-corrected chi connectivity index (χ4v) is 3.04. The van der Waals surface area contributed by atoms with Crippen molar-refractivity contribution >= 4 is 27.4 Å². The Kier molecular flexibility index (Phi) is 3.26. The molecule has 0 bridgehead atoms. The lowest BCUT2D eigenvalue weighted by molar-refractivity contribution is 0.103. The summed E-state index contributed by atoms with van der Waals surface area (Å²) < 4.78 is 6.51. The van der Waals surface area contributed by atoms with E-state index in [4.69, 9.17) is 10.5 Å². The second-order valence-electron chi connectivity index (χ2n) is 5.00. The summed E-state index contributed by atoms with van der Waals surface area (Å²) in [6.45, 7) is 2.55. The summed E-state index contributed by atoms with van der Waals surface area (Å²) >= 11 is 3.45. The third-order valence-electron chi connectivity index (χ3n) is 3.35. The zero-order chi connectivity index (χ0) is 14.3. The highest BCUT2D eigenvalue weighted by Crippen LogP contribution is 2.34. The number of hydrogen-bond donors (Lipinski definition) is 1. The van der Waals surface area contributed by atoms with Crippen molar-refractivity contribution in [1.82, 2.24) is 0 Å². The van der Waals surface area contributed by atoms with Crippen molar-refractivity contribution in [3.8, 4) is 5.75 Å². The van der Waals surface area contributed by atoms with Crippen LogP contribution in [0.25, 0.3) is 0 Å². The zero-order valence-electron chi connectivity index (χ0n) is 11.1. The fraction of sp³-hybridized carbons (Fsp3) is 0.188. The minimum absolute atomic E-state index is 0.0557. The molecular formula is C16H14BrNO2. The molecule has 2 N–H and O–H groups in total. The highest BCUT2D eigenvalue weighted by Gasteiger charge is 2.23. The highest BCUT2D eigenvalue weighted by atomic mass is 79.9. The predicted molar refractivity (Wildman–Crippen MR) is 82.4 cm³/mol. The molecule has 20 heavy (non-hydrogen) atoms. The van der Waals surface area contributed by atoms with Gasteiger partial charge in [0, 0.05) is 22.1 Å². The van der Waals surface area contributed by atoms with Crippen LogP contribution in [0.1, 0.15) is 27.0 Å². The normalized spacial score (nSPS) is 12.9. The first-order valence-electron chi connectivity index (χ1n) is 6.41. The SMILES string of the molecule is Cc1cc(N)cc(C(=O)c2cc(Br)cc3c2OCC3)c1. The molecule has 0 aliphatic carbocycles. The van der Waals surface area contributed by atoms with Gasteiger partial charge in [0.05, 0.1) is 12.2 Å². The molecule has 0 saturated carbocycles. The Labute approximate surface area is 125 Å². The Balaban J connectivity index is 2.11. The van der Waals surface area contributed by atoms with E-state index in [1.807, 2.05) is 31.2 Å². The maximum atomic E-state index is 12.7. The number of benzene rings is 2. The molecule has 0 radical (unpaired) electrons. The number of anilines is 1. The zero-order valence-corrected chi connectivity index (χ0v) is 12.7. The first-order valence-corrected chi connectivity index (χ1v) is 7.21. The number of carbonyl (C=O) groups is 1. The molecule has 1 aliphatic heterocycles. The van der Waals surface area contributed by atoms with E-state index < -0.39 is 0 Å². The monoisotopic (exact) mass is 331 g/mol. The summed E-state index contributed by atoms with van der Waals surface area (Å²) in [6, 6.07) is 9.21. The number of halogens is 1. The first-order chi connectivity index (χ1) is 9.54. The van der Waals surface area contributed by atoms with E-state index >= 15 is 0 Å². The Morgan fingerprint density at radius 2 is 2.05 bits per heavy atom. The number of ketones is 1. The molecule has 2 aromatic carbocycles. The Hall–Kier alpha value is -1.81. The maximum absolute atomic E-state index is 12.7. The largest absolute Gasteiger partial charge is 0.492 e. The van der Waals surface area contributed by atoms with Gasteiger partial charge in [-0.1, -0.05) is 15.9 Å². The molecule has 3 nitrogen and oxygen atoms in total. The fourth-order valence-electron chi connectivity index (χ4n) is 2.54. The van der Waals surface area contributed by atoms with Gasteiger partial charge < -0.3 is 10.5 Å². The lowest BCUT2D eigenvalue weighted by atomic mass is 9.98. The number of hydrogen-bond acceptors (Lipinski definition) is 3. The van der Waals surface area contributed by atoms with Gasteiger partial charge in [-0.15, -0.1) is 0 Å². The van der Waals surface area contributed by atoms with Crippen LogP contribution in [0.15, 0.2) is 34.8 Å². The topological polar surface area (TPSA) is 52.3 Å². The third kappa shape index (κ3) is 2.31. The van der Waals surface area contributed by atoms with Gasteiger partial charge in [0.2, 0.25) is 0 Å². The second-order valence-corrected chi connectivity index (χ2v) is 5.92. The van der Waals surface area contributed by atoms with Gasteiger partial charge in [-0.25, -0.2) is 0 Å². The molecule has 4 heteroatoms. The van der Waals surface area contributed by atoms with Crippen molar-refractivity contribution in [2.45, 2.75) is 13.3 Å². The molecular weight excluding hydrogens is 318 g/mol. The first kappa shape index (κ1) is 13.2. The number of rotatable bonds is 2. The minimum atomic E-state index is -0.0557. The maximum Gasteiger partial charge on any atom is 0.196 e. The van der Waals surface area contributed by atoms with Crippen LogP contribution in [0.2, 0.25) is 0 Å². The summed E-state index contributed by atoms with van der Waals surface area (Å²) in [6.07, 6.45) is 0.838. The van der Waals surface area contributed by atoms with Crippen LogP contribution in [0.3, 0.4) is 0 Å². The summed E-state index contributed by atoms with van der Waals surface area (Å²) in [5, 5.41) is 0. The lowest BCUT2D eigenvalue weighted by Gasteiger charge is -2.09. The predicted octanol–water partition coefficient (Wildman–Crippen LogP) is 3.51. The molecule has 1 heterocycles. The summed E-state index contributed by atoms with van der Waals surface area (Å²) in [4.78, 5) is 12.7. The summed E-state index contributed by atoms with van der Waals surface area (Å²) in [7, 11) is 0. The van der Waals surface area contributed by atoms with Crippen molar-refractivity contribution in [1.29, 1.82) is 0 Å². The van der Waals surface area contributed by atoms with E-state index in [9.17, 15) is 4.79 Å². The lowest BCUT2D eigenvalue weighted by Crippen LogP contribution is -2.05. The number of carbonyl (C=O) groups excluding carboxylic acids is 1. The van der Waals surface area contributed by atoms with Gasteiger partial charge >= 0.3 is 0 Å².